The minimum atomic E-state index is -0.457. The lowest BCUT2D eigenvalue weighted by Gasteiger charge is -2.19. The maximum absolute atomic E-state index is 12.3. The Bertz CT molecular complexity index is 845. The molecule has 2 aromatic carbocycles. The Morgan fingerprint density at radius 2 is 1.70 bits per heavy atom. The number of imide groups is 1. The van der Waals surface area contributed by atoms with E-state index in [1.807, 2.05) is 24.3 Å². The van der Waals surface area contributed by atoms with E-state index >= 15 is 0 Å². The maximum Gasteiger partial charge on any atom is 0.262 e. The molecule has 0 aromatic heterocycles. The predicted octanol–water partition coefficient (Wildman–Crippen LogP) is 1.80. The highest BCUT2D eigenvalue weighted by atomic mass is 16.5. The molecule has 0 radical (unpaired) electrons. The molecular formula is C20H20N2O5. The highest BCUT2D eigenvalue weighted by molar-refractivity contribution is 6.22. The largest absolute Gasteiger partial charge is 0.497 e. The van der Waals surface area contributed by atoms with Gasteiger partial charge in [-0.1, -0.05) is 24.3 Å². The van der Waals surface area contributed by atoms with Gasteiger partial charge >= 0.3 is 0 Å². The third kappa shape index (κ3) is 3.83. The molecule has 0 saturated heterocycles. The fourth-order valence-corrected chi connectivity index (χ4v) is 2.97. The van der Waals surface area contributed by atoms with Gasteiger partial charge < -0.3 is 14.8 Å². The molecule has 0 spiro atoms. The summed E-state index contributed by atoms with van der Waals surface area (Å²) < 4.78 is 10.6. The number of fused-ring (bicyclic) bond motifs is 1. The highest BCUT2D eigenvalue weighted by Gasteiger charge is 2.36. The smallest absolute Gasteiger partial charge is 0.262 e. The average Bonchev–Trinajstić information content (AvgIpc) is 2.94. The molecule has 140 valence electrons. The quantitative estimate of drug-likeness (QED) is 0.753. The predicted molar refractivity (Wildman–Crippen MR) is 97.6 cm³/mol. The molecule has 0 aliphatic carbocycles. The molecule has 1 atom stereocenters. The van der Waals surface area contributed by atoms with Gasteiger partial charge in [-0.3, -0.25) is 19.3 Å². The molecule has 1 heterocycles. The van der Waals surface area contributed by atoms with Crippen LogP contribution in [0.15, 0.2) is 48.5 Å². The summed E-state index contributed by atoms with van der Waals surface area (Å²) in [5.74, 6) is -0.662. The first kappa shape index (κ1) is 18.6. The lowest BCUT2D eigenvalue weighted by Crippen LogP contribution is -2.41. The summed E-state index contributed by atoms with van der Waals surface area (Å²) in [6.07, 6.45) is -0.383. The molecule has 7 heteroatoms. The first-order chi connectivity index (χ1) is 13.0. The van der Waals surface area contributed by atoms with E-state index in [1.165, 1.54) is 0 Å². The second-order valence-electron chi connectivity index (χ2n) is 6.05. The SMILES string of the molecule is COc1cccc(C(CNC(=O)CN2C(=O)c3ccccc3C2=O)OC)c1. The molecule has 0 fully saturated rings. The minimum Gasteiger partial charge on any atom is -0.497 e. The van der Waals surface area contributed by atoms with Gasteiger partial charge in [0.25, 0.3) is 11.8 Å². The monoisotopic (exact) mass is 368 g/mol. The zero-order valence-corrected chi connectivity index (χ0v) is 15.1. The van der Waals surface area contributed by atoms with Crippen molar-refractivity contribution in [3.63, 3.8) is 0 Å². The van der Waals surface area contributed by atoms with E-state index in [4.69, 9.17) is 9.47 Å². The van der Waals surface area contributed by atoms with Crippen LogP contribution in [0.5, 0.6) is 5.75 Å². The van der Waals surface area contributed by atoms with Crippen LogP contribution in [0.1, 0.15) is 32.4 Å². The van der Waals surface area contributed by atoms with Crippen molar-refractivity contribution >= 4 is 17.7 Å². The number of nitrogens with one attached hydrogen (secondary N) is 1. The molecule has 0 bridgehead atoms. The van der Waals surface area contributed by atoms with Gasteiger partial charge in [0.1, 0.15) is 12.3 Å². The van der Waals surface area contributed by atoms with Crippen molar-refractivity contribution in [1.29, 1.82) is 0 Å². The Morgan fingerprint density at radius 3 is 2.30 bits per heavy atom. The van der Waals surface area contributed by atoms with Crippen molar-refractivity contribution < 1.29 is 23.9 Å². The summed E-state index contributed by atoms with van der Waals surface area (Å²) in [6.45, 7) is -0.132. The normalized spacial score (nSPS) is 14.1. The number of nitrogens with zero attached hydrogens (tertiary/aromatic N) is 1. The maximum atomic E-state index is 12.3. The van der Waals surface area contributed by atoms with E-state index < -0.39 is 17.7 Å². The van der Waals surface area contributed by atoms with Gasteiger partial charge in [0.05, 0.1) is 24.3 Å². The highest BCUT2D eigenvalue weighted by Crippen LogP contribution is 2.23. The average molecular weight is 368 g/mol. The molecule has 3 amide bonds. The number of benzene rings is 2. The zero-order chi connectivity index (χ0) is 19.4. The Labute approximate surface area is 156 Å². The van der Waals surface area contributed by atoms with E-state index in [0.717, 1.165) is 10.5 Å². The van der Waals surface area contributed by atoms with E-state index in [0.29, 0.717) is 16.9 Å². The van der Waals surface area contributed by atoms with Crippen molar-refractivity contribution in [2.45, 2.75) is 6.10 Å². The van der Waals surface area contributed by atoms with E-state index in [-0.39, 0.29) is 19.2 Å². The third-order valence-corrected chi connectivity index (χ3v) is 4.41. The first-order valence-corrected chi connectivity index (χ1v) is 8.43. The molecule has 1 unspecified atom stereocenters. The fraction of sp³-hybridized carbons (Fsp3) is 0.250. The molecule has 3 rings (SSSR count). The Kier molecular flexibility index (Phi) is 5.52. The van der Waals surface area contributed by atoms with E-state index in [2.05, 4.69) is 5.32 Å². The molecule has 1 N–H and O–H groups in total. The van der Waals surface area contributed by atoms with Gasteiger partial charge in [-0.05, 0) is 29.8 Å². The summed E-state index contributed by atoms with van der Waals surface area (Å²) in [6, 6.07) is 13.9. The molecule has 7 nitrogen and oxygen atoms in total. The van der Waals surface area contributed by atoms with E-state index in [1.54, 1.807) is 38.5 Å². The number of hydrogen-bond donors (Lipinski definition) is 1. The molecular weight excluding hydrogens is 348 g/mol. The molecule has 1 aliphatic heterocycles. The van der Waals surface area contributed by atoms with Crippen LogP contribution in [-0.4, -0.2) is 49.9 Å². The molecule has 2 aromatic rings. The van der Waals surface area contributed by atoms with Crippen LogP contribution in [-0.2, 0) is 9.53 Å². The van der Waals surface area contributed by atoms with Gasteiger partial charge in [0.2, 0.25) is 5.91 Å². The van der Waals surface area contributed by atoms with Crippen LogP contribution >= 0.6 is 0 Å². The zero-order valence-electron chi connectivity index (χ0n) is 15.1. The summed E-state index contributed by atoms with van der Waals surface area (Å²) in [5.41, 5.74) is 1.49. The Morgan fingerprint density at radius 1 is 1.04 bits per heavy atom. The lowest BCUT2D eigenvalue weighted by molar-refractivity contribution is -0.122. The second-order valence-corrected chi connectivity index (χ2v) is 6.05. The number of methoxy groups -OCH3 is 2. The van der Waals surface area contributed by atoms with Crippen LogP contribution in [0.4, 0.5) is 0 Å². The van der Waals surface area contributed by atoms with Crippen molar-refractivity contribution in [2.75, 3.05) is 27.3 Å². The van der Waals surface area contributed by atoms with Gasteiger partial charge in [0, 0.05) is 13.7 Å². The summed E-state index contributed by atoms with van der Waals surface area (Å²) in [4.78, 5) is 37.9. The Hall–Kier alpha value is -3.19. The summed E-state index contributed by atoms with van der Waals surface area (Å²) in [7, 11) is 3.12. The third-order valence-electron chi connectivity index (χ3n) is 4.41. The topological polar surface area (TPSA) is 84.9 Å². The first-order valence-electron chi connectivity index (χ1n) is 8.43. The number of hydrogen-bond acceptors (Lipinski definition) is 5. The van der Waals surface area contributed by atoms with Crippen LogP contribution in [0.25, 0.3) is 0 Å². The summed E-state index contributed by atoms with van der Waals surface area (Å²) >= 11 is 0. The van der Waals surface area contributed by atoms with Crippen LogP contribution in [0.2, 0.25) is 0 Å². The number of amides is 3. The van der Waals surface area contributed by atoms with Crippen LogP contribution in [0, 0.1) is 0 Å². The molecule has 0 saturated carbocycles. The van der Waals surface area contributed by atoms with E-state index in [9.17, 15) is 14.4 Å². The summed E-state index contributed by atoms with van der Waals surface area (Å²) in [5, 5.41) is 2.71. The molecule has 27 heavy (non-hydrogen) atoms. The van der Waals surface area contributed by atoms with Crippen molar-refractivity contribution in [1.82, 2.24) is 10.2 Å². The van der Waals surface area contributed by atoms with Crippen molar-refractivity contribution in [3.8, 4) is 5.75 Å². The standard InChI is InChI=1S/C20H20N2O5/c1-26-14-7-5-6-13(10-14)17(27-2)11-21-18(23)12-22-19(24)15-8-3-4-9-16(15)20(22)25/h3-10,17H,11-12H2,1-2H3,(H,21,23). The van der Waals surface area contributed by atoms with Gasteiger partial charge in [-0.25, -0.2) is 0 Å². The Balaban J connectivity index is 1.61. The number of carbonyl (C=O) groups excluding carboxylic acids is 3. The number of ether oxygens (including phenoxy) is 2. The van der Waals surface area contributed by atoms with Crippen LogP contribution in [0.3, 0.4) is 0 Å². The second kappa shape index (κ2) is 8.01. The van der Waals surface area contributed by atoms with Crippen molar-refractivity contribution in [2.24, 2.45) is 0 Å². The number of rotatable bonds is 7. The number of carbonyl (C=O) groups is 3. The molecule has 1 aliphatic rings. The van der Waals surface area contributed by atoms with Crippen LogP contribution < -0.4 is 10.1 Å². The lowest BCUT2D eigenvalue weighted by atomic mass is 10.1. The van der Waals surface area contributed by atoms with Gasteiger partial charge in [-0.15, -0.1) is 0 Å². The van der Waals surface area contributed by atoms with Gasteiger partial charge in [0.15, 0.2) is 0 Å². The fourth-order valence-electron chi connectivity index (χ4n) is 2.97. The minimum absolute atomic E-state index is 0.200. The van der Waals surface area contributed by atoms with Crippen molar-refractivity contribution in [3.05, 3.63) is 65.2 Å². The van der Waals surface area contributed by atoms with Gasteiger partial charge in [-0.2, -0.15) is 0 Å².